The van der Waals surface area contributed by atoms with Gasteiger partial charge in [-0.2, -0.15) is 5.26 Å². The molecule has 2 aromatic carbocycles. The molecular formula is C26H23N7O. The second-order valence-electron chi connectivity index (χ2n) is 8.72. The zero-order chi connectivity index (χ0) is 23.2. The SMILES string of the molecule is Cc1cc(N2CCN(Cc3nc4ccccc4c(=O)[nH]3)CC2)n2c(nc3ccccc32)c1C#N. The molecule has 3 aromatic heterocycles. The van der Waals surface area contributed by atoms with Crippen molar-refractivity contribution in [2.24, 2.45) is 0 Å². The third-order valence-corrected chi connectivity index (χ3v) is 6.60. The topological polar surface area (TPSA) is 93.3 Å². The van der Waals surface area contributed by atoms with E-state index in [1.54, 1.807) is 6.07 Å². The highest BCUT2D eigenvalue weighted by molar-refractivity contribution is 5.85. The minimum atomic E-state index is -0.0957. The van der Waals surface area contributed by atoms with Gasteiger partial charge in [0.15, 0.2) is 5.65 Å². The molecule has 168 valence electrons. The number of aromatic nitrogens is 4. The van der Waals surface area contributed by atoms with Crippen LogP contribution in [0.1, 0.15) is 17.0 Å². The summed E-state index contributed by atoms with van der Waals surface area (Å²) in [7, 11) is 0. The van der Waals surface area contributed by atoms with Crippen LogP contribution in [0.4, 0.5) is 5.82 Å². The normalized spacial score (nSPS) is 14.8. The number of H-pyrrole nitrogens is 1. The van der Waals surface area contributed by atoms with Crippen molar-refractivity contribution < 1.29 is 0 Å². The van der Waals surface area contributed by atoms with Crippen molar-refractivity contribution in [1.82, 2.24) is 24.3 Å². The lowest BCUT2D eigenvalue weighted by atomic mass is 10.1. The predicted octanol–water partition coefficient (Wildman–Crippen LogP) is 3.23. The lowest BCUT2D eigenvalue weighted by Crippen LogP contribution is -2.46. The number of benzene rings is 2. The van der Waals surface area contributed by atoms with Crippen molar-refractivity contribution in [1.29, 1.82) is 5.26 Å². The van der Waals surface area contributed by atoms with Crippen LogP contribution in [0.25, 0.3) is 27.6 Å². The van der Waals surface area contributed by atoms with Crippen molar-refractivity contribution >= 4 is 33.4 Å². The number of rotatable bonds is 3. The first kappa shape index (κ1) is 20.4. The monoisotopic (exact) mass is 449 g/mol. The highest BCUT2D eigenvalue weighted by Crippen LogP contribution is 2.29. The lowest BCUT2D eigenvalue weighted by Gasteiger charge is -2.36. The molecule has 0 saturated carbocycles. The van der Waals surface area contributed by atoms with Crippen molar-refractivity contribution in [3.05, 3.63) is 81.9 Å². The van der Waals surface area contributed by atoms with Crippen LogP contribution in [0.2, 0.25) is 0 Å². The summed E-state index contributed by atoms with van der Waals surface area (Å²) >= 11 is 0. The van der Waals surface area contributed by atoms with E-state index in [-0.39, 0.29) is 5.56 Å². The maximum atomic E-state index is 12.4. The van der Waals surface area contributed by atoms with Crippen LogP contribution >= 0.6 is 0 Å². The molecule has 0 radical (unpaired) electrons. The molecule has 1 aliphatic rings. The first-order valence-corrected chi connectivity index (χ1v) is 11.4. The van der Waals surface area contributed by atoms with E-state index in [4.69, 9.17) is 4.98 Å². The number of aromatic amines is 1. The Morgan fingerprint density at radius 1 is 1.00 bits per heavy atom. The second kappa shape index (κ2) is 7.97. The molecule has 4 heterocycles. The molecule has 1 N–H and O–H groups in total. The fourth-order valence-electron chi connectivity index (χ4n) is 4.86. The van der Waals surface area contributed by atoms with Crippen LogP contribution in [-0.2, 0) is 6.54 Å². The number of nitriles is 1. The van der Waals surface area contributed by atoms with Gasteiger partial charge in [-0.15, -0.1) is 0 Å². The maximum absolute atomic E-state index is 12.4. The van der Waals surface area contributed by atoms with Gasteiger partial charge in [0.25, 0.3) is 5.56 Å². The highest BCUT2D eigenvalue weighted by atomic mass is 16.1. The average Bonchev–Trinajstić information content (AvgIpc) is 3.23. The van der Waals surface area contributed by atoms with Gasteiger partial charge in [0.05, 0.1) is 34.0 Å². The van der Waals surface area contributed by atoms with Crippen LogP contribution in [0.3, 0.4) is 0 Å². The number of imidazole rings is 1. The molecule has 0 spiro atoms. The third-order valence-electron chi connectivity index (χ3n) is 6.60. The van der Waals surface area contributed by atoms with Gasteiger partial charge in [0.1, 0.15) is 17.7 Å². The molecule has 0 aliphatic carbocycles. The van der Waals surface area contributed by atoms with Crippen molar-refractivity contribution in [3.8, 4) is 6.07 Å². The van der Waals surface area contributed by atoms with E-state index in [2.05, 4.69) is 36.3 Å². The van der Waals surface area contributed by atoms with E-state index in [1.165, 1.54) is 0 Å². The van der Waals surface area contributed by atoms with Crippen LogP contribution in [0.5, 0.6) is 0 Å². The van der Waals surface area contributed by atoms with Gasteiger partial charge in [0, 0.05) is 26.2 Å². The van der Waals surface area contributed by atoms with Gasteiger partial charge in [-0.1, -0.05) is 24.3 Å². The van der Waals surface area contributed by atoms with E-state index < -0.39 is 0 Å². The molecule has 0 amide bonds. The molecular weight excluding hydrogens is 426 g/mol. The van der Waals surface area contributed by atoms with Gasteiger partial charge >= 0.3 is 0 Å². The maximum Gasteiger partial charge on any atom is 0.258 e. The van der Waals surface area contributed by atoms with Gasteiger partial charge in [-0.25, -0.2) is 9.97 Å². The summed E-state index contributed by atoms with van der Waals surface area (Å²) in [6.07, 6.45) is 0. The zero-order valence-electron chi connectivity index (χ0n) is 18.8. The van der Waals surface area contributed by atoms with Crippen molar-refractivity contribution in [2.75, 3.05) is 31.1 Å². The van der Waals surface area contributed by atoms with Crippen LogP contribution < -0.4 is 10.5 Å². The number of nitrogens with zero attached hydrogens (tertiary/aromatic N) is 6. The first-order valence-electron chi connectivity index (χ1n) is 11.4. The van der Waals surface area contributed by atoms with Crippen LogP contribution in [0.15, 0.2) is 59.4 Å². The van der Waals surface area contributed by atoms with Crippen molar-refractivity contribution in [3.63, 3.8) is 0 Å². The Labute approximate surface area is 195 Å². The molecule has 1 aliphatic heterocycles. The Bertz CT molecular complexity index is 1650. The number of pyridine rings is 1. The minimum absolute atomic E-state index is 0.0957. The summed E-state index contributed by atoms with van der Waals surface area (Å²) in [6, 6.07) is 19.9. The van der Waals surface area contributed by atoms with Gasteiger partial charge in [-0.3, -0.25) is 14.1 Å². The molecule has 5 aromatic rings. The van der Waals surface area contributed by atoms with Crippen LogP contribution in [-0.4, -0.2) is 50.4 Å². The summed E-state index contributed by atoms with van der Waals surface area (Å²) in [5, 5.41) is 10.4. The fraction of sp³-hybridized carbons (Fsp3) is 0.231. The summed E-state index contributed by atoms with van der Waals surface area (Å²) in [5.41, 5.74) is 4.77. The number of piperazine rings is 1. The average molecular weight is 450 g/mol. The molecule has 8 nitrogen and oxygen atoms in total. The highest BCUT2D eigenvalue weighted by Gasteiger charge is 2.23. The third kappa shape index (κ3) is 3.29. The number of hydrogen-bond donors (Lipinski definition) is 1. The Morgan fingerprint density at radius 3 is 2.53 bits per heavy atom. The largest absolute Gasteiger partial charge is 0.355 e. The fourth-order valence-corrected chi connectivity index (χ4v) is 4.86. The lowest BCUT2D eigenvalue weighted by molar-refractivity contribution is 0.243. The summed E-state index contributed by atoms with van der Waals surface area (Å²) in [6.45, 7) is 5.89. The van der Waals surface area contributed by atoms with Gasteiger partial charge in [0.2, 0.25) is 0 Å². The molecule has 1 fully saturated rings. The summed E-state index contributed by atoms with van der Waals surface area (Å²) in [4.78, 5) is 29.4. The number of hydrogen-bond acceptors (Lipinski definition) is 6. The number of para-hydroxylation sites is 3. The molecule has 0 atom stereocenters. The van der Waals surface area contributed by atoms with Crippen LogP contribution in [0, 0.1) is 18.3 Å². The number of nitrogens with one attached hydrogen (secondary N) is 1. The van der Waals surface area contributed by atoms with E-state index in [1.807, 2.05) is 49.4 Å². The van der Waals surface area contributed by atoms with E-state index in [0.717, 1.165) is 54.1 Å². The smallest absolute Gasteiger partial charge is 0.258 e. The standard InChI is InChI=1S/C26H23N7O/c1-17-14-24(33-22-9-5-4-8-21(22)29-25(33)19(17)15-27)32-12-10-31(11-13-32)16-23-28-20-7-3-2-6-18(20)26(34)30-23/h2-9,14H,10-13,16H2,1H3,(H,28,30,34). The molecule has 0 unspecified atom stereocenters. The quantitative estimate of drug-likeness (QED) is 0.455. The van der Waals surface area contributed by atoms with E-state index >= 15 is 0 Å². The van der Waals surface area contributed by atoms with Gasteiger partial charge < -0.3 is 9.88 Å². The number of anilines is 1. The Hall–Kier alpha value is -4.22. The molecule has 0 bridgehead atoms. The predicted molar refractivity (Wildman–Crippen MR) is 132 cm³/mol. The Morgan fingerprint density at radius 2 is 1.74 bits per heavy atom. The van der Waals surface area contributed by atoms with E-state index in [0.29, 0.717) is 29.0 Å². The zero-order valence-corrected chi connectivity index (χ0v) is 18.8. The molecule has 6 rings (SSSR count). The summed E-state index contributed by atoms with van der Waals surface area (Å²) < 4.78 is 2.11. The van der Waals surface area contributed by atoms with E-state index in [9.17, 15) is 10.1 Å². The first-order chi connectivity index (χ1) is 16.6. The van der Waals surface area contributed by atoms with Gasteiger partial charge in [-0.05, 0) is 42.8 Å². The molecule has 34 heavy (non-hydrogen) atoms. The number of aryl methyl sites for hydroxylation is 1. The minimum Gasteiger partial charge on any atom is -0.355 e. The Balaban J connectivity index is 1.29. The number of fused-ring (bicyclic) bond motifs is 4. The second-order valence-corrected chi connectivity index (χ2v) is 8.72. The van der Waals surface area contributed by atoms with Crippen molar-refractivity contribution in [2.45, 2.75) is 13.5 Å². The Kier molecular flexibility index (Phi) is 4.78. The summed E-state index contributed by atoms with van der Waals surface area (Å²) in [5.74, 6) is 1.74. The molecule has 1 saturated heterocycles. The molecule has 8 heteroatoms.